The first-order valence-corrected chi connectivity index (χ1v) is 8.41. The molecule has 0 aromatic heterocycles. The molecule has 0 radical (unpaired) electrons. The molecule has 1 saturated heterocycles. The Labute approximate surface area is 134 Å². The van der Waals surface area contributed by atoms with Crippen LogP contribution >= 0.6 is 0 Å². The lowest BCUT2D eigenvalue weighted by molar-refractivity contribution is -0.125. The largest absolute Gasteiger partial charge is 0.352 e. The quantitative estimate of drug-likeness (QED) is 0.848. The molecular weight excluding hydrogens is 274 g/mol. The molecule has 0 bridgehead atoms. The predicted octanol–water partition coefficient (Wildman–Crippen LogP) is 2.31. The van der Waals surface area contributed by atoms with Crippen LogP contribution in [-0.2, 0) is 4.79 Å². The summed E-state index contributed by atoms with van der Waals surface area (Å²) >= 11 is 0. The fraction of sp³-hybridized carbons (Fsp3) is 0.611. The summed E-state index contributed by atoms with van der Waals surface area (Å²) in [5.74, 6) is -0.188. The molecule has 1 aromatic rings. The summed E-state index contributed by atoms with van der Waals surface area (Å²) in [4.78, 5) is 14.8. The number of rotatable bonds is 6. The number of nitrogens with one attached hydrogen (secondary N) is 1. The van der Waals surface area contributed by atoms with Gasteiger partial charge in [0.05, 0.1) is 5.92 Å². The van der Waals surface area contributed by atoms with Crippen LogP contribution in [0.25, 0.3) is 0 Å². The first-order chi connectivity index (χ1) is 10.6. The number of carbonyl (C=O) groups is 1. The van der Waals surface area contributed by atoms with Crippen molar-refractivity contribution >= 4 is 5.91 Å². The predicted molar refractivity (Wildman–Crippen MR) is 90.4 cm³/mol. The zero-order valence-electron chi connectivity index (χ0n) is 13.8. The number of nitrogens with two attached hydrogens (primary N) is 1. The summed E-state index contributed by atoms with van der Waals surface area (Å²) in [6, 6.07) is 9.73. The van der Waals surface area contributed by atoms with E-state index in [2.05, 4.69) is 17.1 Å². The zero-order valence-corrected chi connectivity index (χ0v) is 13.8. The highest BCUT2D eigenvalue weighted by atomic mass is 16.2. The van der Waals surface area contributed by atoms with Gasteiger partial charge in [0.1, 0.15) is 0 Å². The lowest BCUT2D eigenvalue weighted by atomic mass is 9.94. The minimum absolute atomic E-state index is 0.0425. The van der Waals surface area contributed by atoms with E-state index in [9.17, 15) is 4.79 Å². The van der Waals surface area contributed by atoms with Crippen molar-refractivity contribution in [1.29, 1.82) is 0 Å². The maximum atomic E-state index is 12.4. The first-order valence-electron chi connectivity index (χ1n) is 8.41. The van der Waals surface area contributed by atoms with E-state index >= 15 is 0 Å². The van der Waals surface area contributed by atoms with Gasteiger partial charge >= 0.3 is 0 Å². The van der Waals surface area contributed by atoms with Gasteiger partial charge in [-0.2, -0.15) is 0 Å². The van der Waals surface area contributed by atoms with Gasteiger partial charge in [-0.15, -0.1) is 0 Å². The summed E-state index contributed by atoms with van der Waals surface area (Å²) in [6.07, 6.45) is 3.88. The van der Waals surface area contributed by atoms with E-state index < -0.39 is 0 Å². The fourth-order valence-corrected chi connectivity index (χ4v) is 3.08. The van der Waals surface area contributed by atoms with E-state index in [0.717, 1.165) is 25.2 Å². The number of carbonyl (C=O) groups excluding carboxylic acids is 1. The van der Waals surface area contributed by atoms with Crippen molar-refractivity contribution in [3.05, 3.63) is 35.9 Å². The monoisotopic (exact) mass is 303 g/mol. The van der Waals surface area contributed by atoms with Crippen molar-refractivity contribution in [2.24, 2.45) is 11.7 Å². The number of nitrogens with zero attached hydrogens (tertiary/aromatic N) is 1. The first kappa shape index (κ1) is 17.0. The molecule has 0 saturated carbocycles. The molecular formula is C18H29N3O. The van der Waals surface area contributed by atoms with Crippen LogP contribution < -0.4 is 11.1 Å². The van der Waals surface area contributed by atoms with Gasteiger partial charge < -0.3 is 16.0 Å². The van der Waals surface area contributed by atoms with Gasteiger partial charge in [-0.3, -0.25) is 4.79 Å². The average Bonchev–Trinajstić information content (AvgIpc) is 2.55. The molecule has 2 rings (SSSR count). The molecule has 0 aliphatic carbocycles. The number of benzene rings is 1. The Hall–Kier alpha value is -1.39. The molecule has 122 valence electrons. The maximum absolute atomic E-state index is 12.4. The van der Waals surface area contributed by atoms with Gasteiger partial charge in [0.2, 0.25) is 5.91 Å². The average molecular weight is 303 g/mol. The van der Waals surface area contributed by atoms with E-state index in [1.807, 2.05) is 37.3 Å². The Morgan fingerprint density at radius 2 is 1.82 bits per heavy atom. The summed E-state index contributed by atoms with van der Waals surface area (Å²) in [5, 5.41) is 3.12. The Morgan fingerprint density at radius 3 is 2.45 bits per heavy atom. The van der Waals surface area contributed by atoms with E-state index in [4.69, 9.17) is 5.73 Å². The molecule has 1 aliphatic heterocycles. The number of likely N-dealkylation sites (tertiary alicyclic amines) is 1. The highest BCUT2D eigenvalue weighted by Crippen LogP contribution is 2.19. The van der Waals surface area contributed by atoms with E-state index in [1.54, 1.807) is 0 Å². The number of piperidine rings is 1. The van der Waals surface area contributed by atoms with Crippen LogP contribution in [-0.4, -0.2) is 36.5 Å². The van der Waals surface area contributed by atoms with Crippen LogP contribution in [0, 0.1) is 5.92 Å². The molecule has 3 N–H and O–H groups in total. The molecule has 22 heavy (non-hydrogen) atoms. The lowest BCUT2D eigenvalue weighted by Gasteiger charge is -2.30. The second kappa shape index (κ2) is 8.30. The summed E-state index contributed by atoms with van der Waals surface area (Å²) in [6.45, 7) is 7.21. The van der Waals surface area contributed by atoms with E-state index in [-0.39, 0.29) is 23.9 Å². The molecule has 4 heteroatoms. The molecule has 3 unspecified atom stereocenters. The molecule has 1 amide bonds. The SMILES string of the molecule is CC(CN1CCCCC1)NC(=O)C(C)C(N)c1ccccc1. The highest BCUT2D eigenvalue weighted by molar-refractivity contribution is 5.79. The van der Waals surface area contributed by atoms with Crippen LogP contribution in [0.1, 0.15) is 44.7 Å². The smallest absolute Gasteiger partial charge is 0.224 e. The molecule has 1 aliphatic rings. The molecule has 4 nitrogen and oxygen atoms in total. The summed E-state index contributed by atoms with van der Waals surface area (Å²) in [5.41, 5.74) is 7.24. The van der Waals surface area contributed by atoms with Crippen LogP contribution in [0.3, 0.4) is 0 Å². The van der Waals surface area contributed by atoms with Crippen molar-refractivity contribution in [1.82, 2.24) is 10.2 Å². The van der Waals surface area contributed by atoms with Gasteiger partial charge in [0.15, 0.2) is 0 Å². The molecule has 1 aromatic carbocycles. The van der Waals surface area contributed by atoms with Crippen LogP contribution in [0.4, 0.5) is 0 Å². The third-order valence-corrected chi connectivity index (χ3v) is 4.51. The molecule has 0 spiro atoms. The molecule has 1 heterocycles. The minimum atomic E-state index is -0.261. The lowest BCUT2D eigenvalue weighted by Crippen LogP contribution is -2.46. The van der Waals surface area contributed by atoms with Crippen LogP contribution in [0.5, 0.6) is 0 Å². The van der Waals surface area contributed by atoms with Gasteiger partial charge in [0.25, 0.3) is 0 Å². The second-order valence-corrected chi connectivity index (χ2v) is 6.50. The van der Waals surface area contributed by atoms with Crippen LogP contribution in [0.15, 0.2) is 30.3 Å². The van der Waals surface area contributed by atoms with Gasteiger partial charge in [-0.25, -0.2) is 0 Å². The highest BCUT2D eigenvalue weighted by Gasteiger charge is 2.24. The minimum Gasteiger partial charge on any atom is -0.352 e. The number of hydrogen-bond donors (Lipinski definition) is 2. The zero-order chi connectivity index (χ0) is 15.9. The van der Waals surface area contributed by atoms with Gasteiger partial charge in [-0.05, 0) is 38.4 Å². The Morgan fingerprint density at radius 1 is 1.18 bits per heavy atom. The van der Waals surface area contributed by atoms with Crippen molar-refractivity contribution in [2.75, 3.05) is 19.6 Å². The summed E-state index contributed by atoms with van der Waals surface area (Å²) in [7, 11) is 0. The third kappa shape index (κ3) is 4.82. The number of amides is 1. The molecule has 1 fully saturated rings. The topological polar surface area (TPSA) is 58.4 Å². The standard InChI is InChI=1S/C18H29N3O/c1-14(13-21-11-7-4-8-12-21)20-18(22)15(2)17(19)16-9-5-3-6-10-16/h3,5-6,9-10,14-15,17H,4,7-8,11-13,19H2,1-2H3,(H,20,22). The van der Waals surface area contributed by atoms with Crippen molar-refractivity contribution < 1.29 is 4.79 Å². The maximum Gasteiger partial charge on any atom is 0.224 e. The second-order valence-electron chi connectivity index (χ2n) is 6.50. The summed E-state index contributed by atoms with van der Waals surface area (Å²) < 4.78 is 0. The van der Waals surface area contributed by atoms with Crippen LogP contribution in [0.2, 0.25) is 0 Å². The Bertz CT molecular complexity index is 457. The van der Waals surface area contributed by atoms with Crippen molar-refractivity contribution in [3.8, 4) is 0 Å². The third-order valence-electron chi connectivity index (χ3n) is 4.51. The van der Waals surface area contributed by atoms with Gasteiger partial charge in [-0.1, -0.05) is 43.7 Å². The van der Waals surface area contributed by atoms with E-state index in [1.165, 1.54) is 19.3 Å². The Balaban J connectivity index is 1.82. The fourth-order valence-electron chi connectivity index (χ4n) is 3.08. The van der Waals surface area contributed by atoms with Crippen molar-refractivity contribution in [2.45, 2.75) is 45.2 Å². The van der Waals surface area contributed by atoms with Crippen molar-refractivity contribution in [3.63, 3.8) is 0 Å². The van der Waals surface area contributed by atoms with Gasteiger partial charge in [0, 0.05) is 18.6 Å². The Kier molecular flexibility index (Phi) is 6.40. The molecule has 3 atom stereocenters. The van der Waals surface area contributed by atoms with E-state index in [0.29, 0.717) is 0 Å². The number of hydrogen-bond acceptors (Lipinski definition) is 3. The normalized spacial score (nSPS) is 20.1.